The van der Waals surface area contributed by atoms with E-state index >= 15 is 0 Å². The number of nitrogens with zero attached hydrogens (tertiary/aromatic N) is 2. The van der Waals surface area contributed by atoms with Crippen molar-refractivity contribution in [3.63, 3.8) is 0 Å². The number of hydrogen-bond acceptors (Lipinski definition) is 3. The fourth-order valence-corrected chi connectivity index (χ4v) is 2.43. The molecule has 0 aliphatic rings. The maximum absolute atomic E-state index is 12.0. The monoisotopic (exact) mass is 328 g/mol. The van der Waals surface area contributed by atoms with Crippen molar-refractivity contribution in [2.45, 2.75) is 20.0 Å². The van der Waals surface area contributed by atoms with E-state index in [1.807, 2.05) is 6.92 Å². The molecule has 112 valence electrons. The third kappa shape index (κ3) is 3.40. The van der Waals surface area contributed by atoms with Gasteiger partial charge >= 0.3 is 5.69 Å². The highest BCUT2D eigenvalue weighted by Crippen LogP contribution is 2.31. The van der Waals surface area contributed by atoms with Crippen molar-refractivity contribution in [2.75, 3.05) is 11.1 Å². The van der Waals surface area contributed by atoms with Gasteiger partial charge < -0.3 is 11.1 Å². The van der Waals surface area contributed by atoms with Gasteiger partial charge in [0.25, 0.3) is 0 Å². The lowest BCUT2D eigenvalue weighted by Crippen LogP contribution is -2.29. The number of nitrogen functional groups attached to an aromatic ring is 1. The van der Waals surface area contributed by atoms with E-state index in [2.05, 4.69) is 5.32 Å². The summed E-state index contributed by atoms with van der Waals surface area (Å²) in [5.74, 6) is -0.401. The Hall–Kier alpha value is -1.92. The number of amides is 1. The Labute approximate surface area is 131 Å². The Morgan fingerprint density at radius 1 is 1.29 bits per heavy atom. The van der Waals surface area contributed by atoms with Crippen molar-refractivity contribution in [2.24, 2.45) is 0 Å². The highest BCUT2D eigenvalue weighted by atomic mass is 35.5. The second-order valence-corrected chi connectivity index (χ2v) is 5.24. The molecule has 0 spiro atoms. The Morgan fingerprint density at radius 2 is 1.95 bits per heavy atom. The zero-order valence-electron chi connectivity index (χ0n) is 11.3. The fraction of sp³-hybridized carbons (Fsp3) is 0.231. The van der Waals surface area contributed by atoms with Crippen LogP contribution in [0.2, 0.25) is 10.0 Å². The van der Waals surface area contributed by atoms with Crippen LogP contribution in [0.25, 0.3) is 0 Å². The quantitative estimate of drug-likeness (QED) is 0.844. The standard InChI is InChI=1S/C13H14Cl2N4O2/c1-2-18-3-4-19(13(18)21)7-11(20)17-12-9(15)5-8(14)6-10(12)16/h3-6H,2,7,16H2,1H3,(H,17,20). The summed E-state index contributed by atoms with van der Waals surface area (Å²) in [6.45, 7) is 2.27. The molecule has 0 atom stereocenters. The number of carbonyl (C=O) groups is 1. The first-order valence-corrected chi connectivity index (χ1v) is 6.98. The van der Waals surface area contributed by atoms with Crippen LogP contribution in [0.5, 0.6) is 0 Å². The summed E-state index contributed by atoms with van der Waals surface area (Å²) < 4.78 is 2.80. The molecular weight excluding hydrogens is 315 g/mol. The Morgan fingerprint density at radius 3 is 2.52 bits per heavy atom. The van der Waals surface area contributed by atoms with Gasteiger partial charge in [-0.15, -0.1) is 0 Å². The minimum Gasteiger partial charge on any atom is -0.397 e. The first kappa shape index (κ1) is 15.5. The van der Waals surface area contributed by atoms with Crippen LogP contribution in [0, 0.1) is 0 Å². The summed E-state index contributed by atoms with van der Waals surface area (Å²) in [4.78, 5) is 23.8. The molecule has 6 nitrogen and oxygen atoms in total. The lowest BCUT2D eigenvalue weighted by molar-refractivity contribution is -0.116. The molecule has 0 aliphatic carbocycles. The number of halogens is 2. The number of rotatable bonds is 4. The highest BCUT2D eigenvalue weighted by Gasteiger charge is 2.12. The highest BCUT2D eigenvalue weighted by molar-refractivity contribution is 6.37. The molecule has 0 aliphatic heterocycles. The van der Waals surface area contributed by atoms with E-state index in [-0.39, 0.29) is 28.6 Å². The van der Waals surface area contributed by atoms with Gasteiger partial charge in [0.05, 0.1) is 16.4 Å². The molecule has 0 bridgehead atoms. The second-order valence-electron chi connectivity index (χ2n) is 4.39. The van der Waals surface area contributed by atoms with Crippen LogP contribution < -0.4 is 16.7 Å². The normalized spacial score (nSPS) is 10.6. The average molecular weight is 329 g/mol. The van der Waals surface area contributed by atoms with Gasteiger partial charge in [0.15, 0.2) is 0 Å². The molecule has 2 aromatic rings. The van der Waals surface area contributed by atoms with Gasteiger partial charge in [-0.25, -0.2) is 4.79 Å². The van der Waals surface area contributed by atoms with Crippen molar-refractivity contribution in [1.29, 1.82) is 0 Å². The van der Waals surface area contributed by atoms with Crippen LogP contribution in [-0.2, 0) is 17.9 Å². The lowest BCUT2D eigenvalue weighted by atomic mass is 10.2. The van der Waals surface area contributed by atoms with Crippen molar-refractivity contribution >= 4 is 40.5 Å². The molecule has 0 fully saturated rings. The Kier molecular flexibility index (Phi) is 4.59. The van der Waals surface area contributed by atoms with E-state index < -0.39 is 5.91 Å². The van der Waals surface area contributed by atoms with Crippen molar-refractivity contribution in [3.05, 3.63) is 45.1 Å². The van der Waals surface area contributed by atoms with Gasteiger partial charge in [-0.3, -0.25) is 13.9 Å². The molecule has 0 saturated carbocycles. The maximum Gasteiger partial charge on any atom is 0.328 e. The lowest BCUT2D eigenvalue weighted by Gasteiger charge is -2.10. The molecule has 1 heterocycles. The number of anilines is 2. The van der Waals surface area contributed by atoms with Gasteiger partial charge in [-0.1, -0.05) is 23.2 Å². The van der Waals surface area contributed by atoms with Gasteiger partial charge in [0.2, 0.25) is 5.91 Å². The minimum atomic E-state index is -0.401. The topological polar surface area (TPSA) is 82.1 Å². The molecule has 1 aromatic heterocycles. The van der Waals surface area contributed by atoms with Crippen LogP contribution in [0.4, 0.5) is 11.4 Å². The average Bonchev–Trinajstić information content (AvgIpc) is 2.75. The number of benzene rings is 1. The molecule has 3 N–H and O–H groups in total. The third-order valence-corrected chi connectivity index (χ3v) is 3.44. The molecule has 0 saturated heterocycles. The number of nitrogens with two attached hydrogens (primary N) is 1. The Balaban J connectivity index is 2.16. The third-order valence-electron chi connectivity index (χ3n) is 2.92. The summed E-state index contributed by atoms with van der Waals surface area (Å²) in [5.41, 5.74) is 6.07. The van der Waals surface area contributed by atoms with Crippen LogP contribution in [0.1, 0.15) is 6.92 Å². The van der Waals surface area contributed by atoms with E-state index in [1.54, 1.807) is 12.4 Å². The molecule has 0 radical (unpaired) electrons. The van der Waals surface area contributed by atoms with Crippen molar-refractivity contribution in [1.82, 2.24) is 9.13 Å². The fourth-order valence-electron chi connectivity index (χ4n) is 1.87. The molecule has 1 aromatic carbocycles. The van der Waals surface area contributed by atoms with Crippen molar-refractivity contribution in [3.8, 4) is 0 Å². The van der Waals surface area contributed by atoms with E-state index in [4.69, 9.17) is 28.9 Å². The number of nitrogens with one attached hydrogen (secondary N) is 1. The van der Waals surface area contributed by atoms with E-state index in [9.17, 15) is 9.59 Å². The molecule has 2 rings (SSSR count). The summed E-state index contributed by atoms with van der Waals surface area (Å²) in [5, 5.41) is 3.21. The molecule has 21 heavy (non-hydrogen) atoms. The molecular formula is C13H14Cl2N4O2. The first-order valence-electron chi connectivity index (χ1n) is 6.22. The summed E-state index contributed by atoms with van der Waals surface area (Å²) in [6, 6.07) is 2.97. The molecule has 8 heteroatoms. The molecule has 0 unspecified atom stereocenters. The molecule has 1 amide bonds. The number of carbonyl (C=O) groups excluding carboxylic acids is 1. The van der Waals surface area contributed by atoms with Crippen LogP contribution >= 0.6 is 23.2 Å². The van der Waals surface area contributed by atoms with Gasteiger partial charge in [0, 0.05) is 24.0 Å². The zero-order chi connectivity index (χ0) is 15.6. The summed E-state index contributed by atoms with van der Waals surface area (Å²) in [7, 11) is 0. The predicted molar refractivity (Wildman–Crippen MR) is 83.9 cm³/mol. The first-order chi connectivity index (χ1) is 9.92. The van der Waals surface area contributed by atoms with Crippen molar-refractivity contribution < 1.29 is 4.79 Å². The smallest absolute Gasteiger partial charge is 0.328 e. The van der Waals surface area contributed by atoms with E-state index in [0.29, 0.717) is 11.6 Å². The summed E-state index contributed by atoms with van der Waals surface area (Å²) >= 11 is 11.8. The summed E-state index contributed by atoms with van der Waals surface area (Å²) in [6.07, 6.45) is 3.18. The number of aryl methyl sites for hydroxylation is 1. The van der Waals surface area contributed by atoms with Gasteiger partial charge in [0.1, 0.15) is 6.54 Å². The minimum absolute atomic E-state index is 0.121. The van der Waals surface area contributed by atoms with Crippen LogP contribution in [0.3, 0.4) is 0 Å². The maximum atomic E-state index is 12.0. The second kappa shape index (κ2) is 6.24. The van der Waals surface area contributed by atoms with E-state index in [1.165, 1.54) is 21.3 Å². The predicted octanol–water partition coefficient (Wildman–Crippen LogP) is 2.20. The number of hydrogen-bond donors (Lipinski definition) is 2. The SMILES string of the molecule is CCn1ccn(CC(=O)Nc2c(N)cc(Cl)cc2Cl)c1=O. The largest absolute Gasteiger partial charge is 0.397 e. The number of aromatic nitrogens is 2. The van der Waals surface area contributed by atoms with E-state index in [0.717, 1.165) is 0 Å². The van der Waals surface area contributed by atoms with Crippen LogP contribution in [0.15, 0.2) is 29.3 Å². The zero-order valence-corrected chi connectivity index (χ0v) is 12.8. The Bertz CT molecular complexity index is 713. The van der Waals surface area contributed by atoms with Gasteiger partial charge in [-0.2, -0.15) is 0 Å². The van der Waals surface area contributed by atoms with Crippen LogP contribution in [-0.4, -0.2) is 15.0 Å². The number of imidazole rings is 1. The van der Waals surface area contributed by atoms with Gasteiger partial charge in [-0.05, 0) is 19.1 Å².